The third-order valence-electron chi connectivity index (χ3n) is 2.99. The summed E-state index contributed by atoms with van der Waals surface area (Å²) in [6.45, 7) is 3.33. The number of ether oxygens (including phenoxy) is 2. The van der Waals surface area contributed by atoms with Gasteiger partial charge in [0.1, 0.15) is 0 Å². The second kappa shape index (κ2) is 5.69. The lowest BCUT2D eigenvalue weighted by Crippen LogP contribution is -2.46. The highest BCUT2D eigenvalue weighted by atomic mass is 16.5. The summed E-state index contributed by atoms with van der Waals surface area (Å²) in [6, 6.07) is 0. The molecule has 1 fully saturated rings. The standard InChI is InChI=1S/C11H23NO2/c1-10(13-2)8-14-9-11(12)6-4-3-5-7-11/h10H,3-9,12H2,1-2H3. The van der Waals surface area contributed by atoms with Gasteiger partial charge < -0.3 is 15.2 Å². The van der Waals surface area contributed by atoms with Crippen LogP contribution in [0, 0.1) is 0 Å². The van der Waals surface area contributed by atoms with E-state index in [1.54, 1.807) is 7.11 Å². The van der Waals surface area contributed by atoms with Crippen molar-refractivity contribution >= 4 is 0 Å². The molecule has 1 aliphatic rings. The largest absolute Gasteiger partial charge is 0.379 e. The van der Waals surface area contributed by atoms with E-state index in [1.807, 2.05) is 6.92 Å². The molecule has 0 aromatic heterocycles. The van der Waals surface area contributed by atoms with Crippen LogP contribution in [0.4, 0.5) is 0 Å². The molecule has 0 amide bonds. The fourth-order valence-electron chi connectivity index (χ4n) is 1.90. The first-order valence-electron chi connectivity index (χ1n) is 5.56. The maximum Gasteiger partial charge on any atom is 0.0776 e. The lowest BCUT2D eigenvalue weighted by Gasteiger charge is -2.33. The van der Waals surface area contributed by atoms with Crippen molar-refractivity contribution in [3.63, 3.8) is 0 Å². The first-order chi connectivity index (χ1) is 6.66. The quantitative estimate of drug-likeness (QED) is 0.736. The summed E-state index contributed by atoms with van der Waals surface area (Å²) in [5.41, 5.74) is 6.16. The van der Waals surface area contributed by atoms with E-state index in [1.165, 1.54) is 19.3 Å². The summed E-state index contributed by atoms with van der Waals surface area (Å²) < 4.78 is 10.7. The van der Waals surface area contributed by atoms with E-state index in [9.17, 15) is 0 Å². The molecular formula is C11H23NO2. The van der Waals surface area contributed by atoms with Crippen LogP contribution in [0.2, 0.25) is 0 Å². The molecule has 0 saturated heterocycles. The summed E-state index contributed by atoms with van der Waals surface area (Å²) in [7, 11) is 1.70. The number of hydrogen-bond donors (Lipinski definition) is 1. The number of hydrogen-bond acceptors (Lipinski definition) is 3. The first-order valence-corrected chi connectivity index (χ1v) is 5.56. The molecular weight excluding hydrogens is 178 g/mol. The molecule has 0 aromatic rings. The first kappa shape index (κ1) is 12.0. The van der Waals surface area contributed by atoms with Crippen LogP contribution >= 0.6 is 0 Å². The molecule has 0 aromatic carbocycles. The van der Waals surface area contributed by atoms with Crippen molar-refractivity contribution in [2.24, 2.45) is 5.73 Å². The molecule has 1 unspecified atom stereocenters. The van der Waals surface area contributed by atoms with Crippen LogP contribution in [0.3, 0.4) is 0 Å². The second-order valence-electron chi connectivity index (χ2n) is 4.48. The van der Waals surface area contributed by atoms with E-state index in [4.69, 9.17) is 15.2 Å². The lowest BCUT2D eigenvalue weighted by molar-refractivity contribution is -0.00465. The predicted octanol–water partition coefficient (Wildman–Crippen LogP) is 1.70. The van der Waals surface area contributed by atoms with Gasteiger partial charge in [0, 0.05) is 12.6 Å². The lowest BCUT2D eigenvalue weighted by atomic mass is 9.83. The molecule has 0 spiro atoms. The Morgan fingerprint density at radius 1 is 1.29 bits per heavy atom. The van der Waals surface area contributed by atoms with Crippen LogP contribution in [0.5, 0.6) is 0 Å². The molecule has 0 radical (unpaired) electrons. The molecule has 0 aliphatic heterocycles. The monoisotopic (exact) mass is 201 g/mol. The molecule has 0 heterocycles. The number of methoxy groups -OCH3 is 1. The highest BCUT2D eigenvalue weighted by Gasteiger charge is 2.27. The smallest absolute Gasteiger partial charge is 0.0776 e. The van der Waals surface area contributed by atoms with Crippen LogP contribution in [0.15, 0.2) is 0 Å². The minimum absolute atomic E-state index is 0.0638. The minimum Gasteiger partial charge on any atom is -0.379 e. The molecule has 84 valence electrons. The van der Waals surface area contributed by atoms with Crippen molar-refractivity contribution in [1.82, 2.24) is 0 Å². The summed E-state index contributed by atoms with van der Waals surface area (Å²) in [6.07, 6.45) is 6.21. The van der Waals surface area contributed by atoms with Gasteiger partial charge in [0.15, 0.2) is 0 Å². The van der Waals surface area contributed by atoms with Crippen molar-refractivity contribution in [3.8, 4) is 0 Å². The predicted molar refractivity (Wildman–Crippen MR) is 57.3 cm³/mol. The Morgan fingerprint density at radius 2 is 1.93 bits per heavy atom. The Kier molecular flexibility index (Phi) is 4.85. The van der Waals surface area contributed by atoms with E-state index in [0.29, 0.717) is 13.2 Å². The van der Waals surface area contributed by atoms with Gasteiger partial charge >= 0.3 is 0 Å². The summed E-state index contributed by atoms with van der Waals surface area (Å²) in [4.78, 5) is 0. The van der Waals surface area contributed by atoms with E-state index in [-0.39, 0.29) is 11.6 Å². The van der Waals surface area contributed by atoms with Gasteiger partial charge in [-0.2, -0.15) is 0 Å². The molecule has 3 nitrogen and oxygen atoms in total. The third kappa shape index (κ3) is 3.95. The Bertz CT molecular complexity index is 155. The maximum absolute atomic E-state index is 6.22. The van der Waals surface area contributed by atoms with Crippen molar-refractivity contribution in [3.05, 3.63) is 0 Å². The highest BCUT2D eigenvalue weighted by molar-refractivity contribution is 4.86. The molecule has 3 heteroatoms. The minimum atomic E-state index is -0.0638. The van der Waals surface area contributed by atoms with Crippen LogP contribution in [0.25, 0.3) is 0 Å². The molecule has 0 bridgehead atoms. The van der Waals surface area contributed by atoms with Crippen LogP contribution in [-0.2, 0) is 9.47 Å². The summed E-state index contributed by atoms with van der Waals surface area (Å²) in [5, 5.41) is 0. The molecule has 14 heavy (non-hydrogen) atoms. The SMILES string of the molecule is COC(C)COCC1(N)CCCCC1. The Balaban J connectivity index is 2.15. The van der Waals surface area contributed by atoms with Crippen LogP contribution in [-0.4, -0.2) is 32.0 Å². The van der Waals surface area contributed by atoms with Gasteiger partial charge in [-0.3, -0.25) is 0 Å². The van der Waals surface area contributed by atoms with Gasteiger partial charge in [-0.1, -0.05) is 19.3 Å². The zero-order valence-electron chi connectivity index (χ0n) is 9.42. The van der Waals surface area contributed by atoms with E-state index in [0.717, 1.165) is 12.8 Å². The molecule has 1 aliphatic carbocycles. The van der Waals surface area contributed by atoms with Crippen molar-refractivity contribution in [2.75, 3.05) is 20.3 Å². The van der Waals surface area contributed by atoms with Gasteiger partial charge in [0.2, 0.25) is 0 Å². The van der Waals surface area contributed by atoms with E-state index < -0.39 is 0 Å². The average Bonchev–Trinajstić information content (AvgIpc) is 2.18. The van der Waals surface area contributed by atoms with Crippen molar-refractivity contribution in [2.45, 2.75) is 50.7 Å². The zero-order valence-corrected chi connectivity index (χ0v) is 9.42. The Morgan fingerprint density at radius 3 is 2.50 bits per heavy atom. The fraction of sp³-hybridized carbons (Fsp3) is 1.00. The van der Waals surface area contributed by atoms with Crippen LogP contribution < -0.4 is 5.73 Å². The van der Waals surface area contributed by atoms with Crippen molar-refractivity contribution in [1.29, 1.82) is 0 Å². The van der Waals surface area contributed by atoms with Gasteiger partial charge in [0.05, 0.1) is 19.3 Å². The second-order valence-corrected chi connectivity index (χ2v) is 4.48. The maximum atomic E-state index is 6.22. The number of nitrogens with two attached hydrogens (primary N) is 1. The molecule has 1 rings (SSSR count). The molecule has 1 atom stereocenters. The average molecular weight is 201 g/mol. The molecule has 1 saturated carbocycles. The normalized spacial score (nSPS) is 23.4. The van der Waals surface area contributed by atoms with Crippen LogP contribution in [0.1, 0.15) is 39.0 Å². The highest BCUT2D eigenvalue weighted by Crippen LogP contribution is 2.25. The van der Waals surface area contributed by atoms with Gasteiger partial charge in [-0.15, -0.1) is 0 Å². The van der Waals surface area contributed by atoms with Crippen molar-refractivity contribution < 1.29 is 9.47 Å². The number of rotatable bonds is 5. The van der Waals surface area contributed by atoms with E-state index in [2.05, 4.69) is 0 Å². The Hall–Kier alpha value is -0.120. The topological polar surface area (TPSA) is 44.5 Å². The molecule has 2 N–H and O–H groups in total. The van der Waals surface area contributed by atoms with Gasteiger partial charge in [-0.05, 0) is 19.8 Å². The van der Waals surface area contributed by atoms with Gasteiger partial charge in [-0.25, -0.2) is 0 Å². The summed E-state index contributed by atoms with van der Waals surface area (Å²) in [5.74, 6) is 0. The third-order valence-corrected chi connectivity index (χ3v) is 2.99. The zero-order chi connectivity index (χ0) is 10.4. The summed E-state index contributed by atoms with van der Waals surface area (Å²) >= 11 is 0. The van der Waals surface area contributed by atoms with Gasteiger partial charge in [0.25, 0.3) is 0 Å². The Labute approximate surface area is 86.9 Å². The van der Waals surface area contributed by atoms with E-state index >= 15 is 0 Å². The fourth-order valence-corrected chi connectivity index (χ4v) is 1.90.